The summed E-state index contributed by atoms with van der Waals surface area (Å²) in [4.78, 5) is 13.8. The number of halogens is 2. The van der Waals surface area contributed by atoms with Crippen LogP contribution in [0, 0.1) is 23.0 Å². The van der Waals surface area contributed by atoms with E-state index in [1.165, 1.54) is 0 Å². The lowest BCUT2D eigenvalue weighted by Gasteiger charge is -2.31. The Morgan fingerprint density at radius 2 is 1.88 bits per heavy atom. The first kappa shape index (κ1) is 27.2. The summed E-state index contributed by atoms with van der Waals surface area (Å²) in [7, 11) is 0. The topological polar surface area (TPSA) is 95.6 Å². The van der Waals surface area contributed by atoms with Gasteiger partial charge in [-0.1, -0.05) is 42.8 Å². The lowest BCUT2D eigenvalue weighted by molar-refractivity contribution is -0.113. The number of rotatable bonds is 8. The normalized spacial score (nSPS) is 17.5. The first-order chi connectivity index (χ1) is 19.3. The Hall–Kier alpha value is -4.42. The van der Waals surface area contributed by atoms with Crippen LogP contribution in [0.5, 0.6) is 0 Å². The number of benzene rings is 3. The fraction of sp³-hybridized carbons (Fsp3) is 0.290. The summed E-state index contributed by atoms with van der Waals surface area (Å²) < 4.78 is 31.8. The molecule has 0 spiro atoms. The molecule has 1 atom stereocenters. The van der Waals surface area contributed by atoms with E-state index < -0.39 is 17.5 Å². The van der Waals surface area contributed by atoms with Crippen molar-refractivity contribution in [3.05, 3.63) is 94.6 Å². The van der Waals surface area contributed by atoms with E-state index in [2.05, 4.69) is 40.9 Å². The summed E-state index contributed by atoms with van der Waals surface area (Å²) >= 11 is 0. The van der Waals surface area contributed by atoms with Crippen LogP contribution in [-0.4, -0.2) is 33.0 Å². The lowest BCUT2D eigenvalue weighted by atomic mass is 9.81. The number of aromatic nitrogens is 3. The van der Waals surface area contributed by atoms with E-state index in [-0.39, 0.29) is 16.9 Å². The molecule has 1 fully saturated rings. The van der Waals surface area contributed by atoms with Crippen LogP contribution in [0.3, 0.4) is 0 Å². The maximum atomic E-state index is 15.3. The lowest BCUT2D eigenvalue weighted by Crippen LogP contribution is -2.40. The molecule has 2 heterocycles. The number of para-hydroxylation sites is 1. The van der Waals surface area contributed by atoms with Crippen molar-refractivity contribution in [1.29, 1.82) is 5.26 Å². The van der Waals surface area contributed by atoms with Gasteiger partial charge in [0, 0.05) is 23.2 Å². The standard InChI is InChI=1S/C31H30F2N6O/c1-3-7-24(31(2)14-6-15-35-31)23(16-20-10-12-21(19-34)13-11-20)30(40)36-22-17-25(32)29(26(33)18-22)39-28-9-5-4-8-27(28)37-38-39/h4-5,8-13,17-18,35H,3,6-7,14-16H2,1-2H3,(H,36,40)/b24-23+. The first-order valence-electron chi connectivity index (χ1n) is 13.4. The molecule has 2 N–H and O–H groups in total. The zero-order chi connectivity index (χ0) is 28.3. The van der Waals surface area contributed by atoms with E-state index in [1.54, 1.807) is 36.4 Å². The van der Waals surface area contributed by atoms with Gasteiger partial charge in [-0.25, -0.2) is 13.5 Å². The Kier molecular flexibility index (Phi) is 7.71. The molecule has 7 nitrogen and oxygen atoms in total. The summed E-state index contributed by atoms with van der Waals surface area (Å²) in [5, 5.41) is 23.4. The summed E-state index contributed by atoms with van der Waals surface area (Å²) in [5.41, 5.74) is 3.19. The van der Waals surface area contributed by atoms with Crippen LogP contribution in [0.15, 0.2) is 71.8 Å². The number of anilines is 1. The molecule has 4 aromatic rings. The van der Waals surface area contributed by atoms with Crippen molar-refractivity contribution in [3.63, 3.8) is 0 Å². The highest BCUT2D eigenvalue weighted by Gasteiger charge is 2.35. The average molecular weight is 541 g/mol. The van der Waals surface area contributed by atoms with Crippen LogP contribution in [0.25, 0.3) is 16.7 Å². The third-order valence-corrected chi connectivity index (χ3v) is 7.48. The Morgan fingerprint density at radius 3 is 2.52 bits per heavy atom. The maximum absolute atomic E-state index is 15.3. The van der Waals surface area contributed by atoms with E-state index >= 15 is 8.78 Å². The minimum Gasteiger partial charge on any atom is -0.322 e. The van der Waals surface area contributed by atoms with Crippen LogP contribution in [0.1, 0.15) is 50.7 Å². The summed E-state index contributed by atoms with van der Waals surface area (Å²) in [6.07, 6.45) is 3.73. The van der Waals surface area contributed by atoms with Gasteiger partial charge in [-0.3, -0.25) is 4.79 Å². The van der Waals surface area contributed by atoms with E-state index in [4.69, 9.17) is 0 Å². The van der Waals surface area contributed by atoms with Crippen LogP contribution >= 0.6 is 0 Å². The maximum Gasteiger partial charge on any atom is 0.251 e. The number of nitriles is 1. The van der Waals surface area contributed by atoms with Gasteiger partial charge in [0.25, 0.3) is 5.91 Å². The first-order valence-corrected chi connectivity index (χ1v) is 13.4. The molecule has 1 aliphatic rings. The molecule has 5 rings (SSSR count). The predicted molar refractivity (Wildman–Crippen MR) is 150 cm³/mol. The monoisotopic (exact) mass is 540 g/mol. The molecule has 3 aromatic carbocycles. The second-order valence-electron chi connectivity index (χ2n) is 10.3. The van der Waals surface area contributed by atoms with E-state index in [0.717, 1.165) is 53.8 Å². The zero-order valence-corrected chi connectivity index (χ0v) is 22.5. The molecule has 0 bridgehead atoms. The number of carbonyl (C=O) groups excluding carboxylic acids is 1. The zero-order valence-electron chi connectivity index (χ0n) is 22.5. The Morgan fingerprint density at radius 1 is 1.15 bits per heavy atom. The Balaban J connectivity index is 1.51. The molecule has 9 heteroatoms. The van der Waals surface area contributed by atoms with Crippen LogP contribution < -0.4 is 10.6 Å². The molecule has 0 radical (unpaired) electrons. The SMILES string of the molecule is CCC/C(=C(/Cc1ccc(C#N)cc1)C(=O)Nc1cc(F)c(-n2nnc3ccccc32)c(F)c1)C1(C)CCCN1. The molecule has 1 amide bonds. The smallest absolute Gasteiger partial charge is 0.251 e. The van der Waals surface area contributed by atoms with Crippen molar-refractivity contribution in [3.8, 4) is 11.8 Å². The minimum atomic E-state index is -0.873. The molecular weight excluding hydrogens is 510 g/mol. The van der Waals surface area contributed by atoms with Crippen molar-refractivity contribution < 1.29 is 13.6 Å². The largest absolute Gasteiger partial charge is 0.322 e. The quantitative estimate of drug-likeness (QED) is 0.268. The van der Waals surface area contributed by atoms with Crippen molar-refractivity contribution in [1.82, 2.24) is 20.3 Å². The second-order valence-corrected chi connectivity index (χ2v) is 10.3. The van der Waals surface area contributed by atoms with E-state index in [9.17, 15) is 10.1 Å². The highest BCUT2D eigenvalue weighted by atomic mass is 19.1. The van der Waals surface area contributed by atoms with Crippen molar-refractivity contribution in [2.45, 2.75) is 51.5 Å². The molecule has 0 aliphatic carbocycles. The van der Waals surface area contributed by atoms with Gasteiger partial charge in [0.15, 0.2) is 11.6 Å². The van der Waals surface area contributed by atoms with Crippen LogP contribution in [0.4, 0.5) is 14.5 Å². The van der Waals surface area contributed by atoms with Crippen molar-refractivity contribution in [2.75, 3.05) is 11.9 Å². The van der Waals surface area contributed by atoms with Gasteiger partial charge in [0.2, 0.25) is 0 Å². The average Bonchev–Trinajstić information content (AvgIpc) is 3.58. The number of hydrogen-bond donors (Lipinski definition) is 2. The number of amides is 1. The fourth-order valence-electron chi connectivity index (χ4n) is 5.47. The number of nitrogens with zero attached hydrogens (tertiary/aromatic N) is 4. The van der Waals surface area contributed by atoms with Crippen molar-refractivity contribution >= 4 is 22.6 Å². The highest BCUT2D eigenvalue weighted by molar-refractivity contribution is 6.05. The Bertz CT molecular complexity index is 1600. The van der Waals surface area contributed by atoms with Crippen LogP contribution in [-0.2, 0) is 11.2 Å². The van der Waals surface area contributed by atoms with Gasteiger partial charge in [0.05, 0.1) is 17.1 Å². The molecule has 1 saturated heterocycles. The van der Waals surface area contributed by atoms with Gasteiger partial charge >= 0.3 is 0 Å². The fourth-order valence-corrected chi connectivity index (χ4v) is 5.47. The molecule has 0 saturated carbocycles. The summed E-state index contributed by atoms with van der Waals surface area (Å²) in [5.74, 6) is -2.16. The van der Waals surface area contributed by atoms with Gasteiger partial charge < -0.3 is 10.6 Å². The van der Waals surface area contributed by atoms with Gasteiger partial charge in [-0.2, -0.15) is 5.26 Å². The number of fused-ring (bicyclic) bond motifs is 1. The molecule has 1 aliphatic heterocycles. The second kappa shape index (κ2) is 11.4. The highest BCUT2D eigenvalue weighted by Crippen LogP contribution is 2.34. The molecular formula is C31H30F2N6O. The molecule has 40 heavy (non-hydrogen) atoms. The summed E-state index contributed by atoms with van der Waals surface area (Å²) in [6, 6.07) is 18.3. The number of nitrogens with one attached hydrogen (secondary N) is 2. The van der Waals surface area contributed by atoms with E-state index in [1.807, 2.05) is 12.1 Å². The molecule has 204 valence electrons. The number of carbonyl (C=O) groups is 1. The van der Waals surface area contributed by atoms with Gasteiger partial charge in [0.1, 0.15) is 11.2 Å². The van der Waals surface area contributed by atoms with Gasteiger partial charge in [-0.15, -0.1) is 5.10 Å². The van der Waals surface area contributed by atoms with Gasteiger partial charge in [-0.05, 0) is 80.3 Å². The van der Waals surface area contributed by atoms with Crippen LogP contribution in [0.2, 0.25) is 0 Å². The number of hydrogen-bond acceptors (Lipinski definition) is 5. The third-order valence-electron chi connectivity index (χ3n) is 7.48. The summed E-state index contributed by atoms with van der Waals surface area (Å²) in [6.45, 7) is 5.02. The minimum absolute atomic E-state index is 0.00545. The van der Waals surface area contributed by atoms with Crippen molar-refractivity contribution in [2.24, 2.45) is 0 Å². The molecule has 1 unspecified atom stereocenters. The van der Waals surface area contributed by atoms with E-state index in [0.29, 0.717) is 35.0 Å². The molecule has 1 aromatic heterocycles. The Labute approximate surface area is 231 Å². The third kappa shape index (κ3) is 5.36. The predicted octanol–water partition coefficient (Wildman–Crippen LogP) is 5.99.